The molecule has 5 heteroatoms. The smallest absolute Gasteiger partial charge is 0.103 e. The SMILES string of the molecule is OC[C@@H]1N[C@H](COCc2ccccc2)[C@@H](OCc2ccccc2)[C@@H]1OCc1ccccc1. The summed E-state index contributed by atoms with van der Waals surface area (Å²) in [7, 11) is 0. The molecule has 1 fully saturated rings. The zero-order chi connectivity index (χ0) is 22.0. The van der Waals surface area contributed by atoms with Crippen LogP contribution in [0.4, 0.5) is 0 Å². The van der Waals surface area contributed by atoms with E-state index in [-0.39, 0.29) is 30.9 Å². The fourth-order valence-corrected chi connectivity index (χ4v) is 4.06. The third-order valence-corrected chi connectivity index (χ3v) is 5.72. The molecule has 0 spiro atoms. The normalized spacial score (nSPS) is 22.8. The predicted octanol–water partition coefficient (Wildman–Crippen LogP) is 3.71. The van der Waals surface area contributed by atoms with Crippen LogP contribution in [0, 0.1) is 0 Å². The molecule has 0 aliphatic carbocycles. The largest absolute Gasteiger partial charge is 0.395 e. The molecule has 0 radical (unpaired) electrons. The van der Waals surface area contributed by atoms with Crippen molar-refractivity contribution in [2.75, 3.05) is 13.2 Å². The van der Waals surface area contributed by atoms with Gasteiger partial charge in [-0.15, -0.1) is 0 Å². The van der Waals surface area contributed by atoms with Gasteiger partial charge < -0.3 is 24.6 Å². The highest BCUT2D eigenvalue weighted by Gasteiger charge is 2.44. The standard InChI is InChI=1S/C27H31NO4/c29-16-24-26(31-18-22-12-6-2-7-13-22)27(32-19-23-14-8-3-9-15-23)25(28-24)20-30-17-21-10-4-1-5-11-21/h1-15,24-29H,16-20H2/t24-,25+,26+,27+/m0/s1. The van der Waals surface area contributed by atoms with Crippen molar-refractivity contribution in [3.8, 4) is 0 Å². The van der Waals surface area contributed by atoms with Gasteiger partial charge in [0.2, 0.25) is 0 Å². The molecule has 1 saturated heterocycles. The van der Waals surface area contributed by atoms with Crippen LogP contribution in [0.25, 0.3) is 0 Å². The molecule has 0 unspecified atom stereocenters. The maximum atomic E-state index is 10.0. The Labute approximate surface area is 190 Å². The summed E-state index contributed by atoms with van der Waals surface area (Å²) in [5.41, 5.74) is 3.32. The Balaban J connectivity index is 1.42. The first-order chi connectivity index (χ1) is 15.8. The monoisotopic (exact) mass is 433 g/mol. The molecule has 5 nitrogen and oxygen atoms in total. The van der Waals surface area contributed by atoms with Crippen molar-refractivity contribution < 1.29 is 19.3 Å². The molecule has 0 saturated carbocycles. The molecule has 1 aliphatic rings. The molecule has 1 aliphatic heterocycles. The van der Waals surface area contributed by atoms with E-state index in [0.717, 1.165) is 16.7 Å². The highest BCUT2D eigenvalue weighted by atomic mass is 16.5. The minimum Gasteiger partial charge on any atom is -0.395 e. The zero-order valence-corrected chi connectivity index (χ0v) is 18.2. The number of benzene rings is 3. The van der Waals surface area contributed by atoms with Crippen molar-refractivity contribution in [2.24, 2.45) is 0 Å². The summed E-state index contributed by atoms with van der Waals surface area (Å²) in [6.07, 6.45) is -0.527. The van der Waals surface area contributed by atoms with E-state index in [9.17, 15) is 5.11 Å². The third-order valence-electron chi connectivity index (χ3n) is 5.72. The van der Waals surface area contributed by atoms with Gasteiger partial charge in [0.1, 0.15) is 12.2 Å². The summed E-state index contributed by atoms with van der Waals surface area (Å²) in [5.74, 6) is 0. The first-order valence-electron chi connectivity index (χ1n) is 11.1. The van der Waals surface area contributed by atoms with Gasteiger partial charge in [-0.2, -0.15) is 0 Å². The van der Waals surface area contributed by atoms with Crippen LogP contribution >= 0.6 is 0 Å². The van der Waals surface area contributed by atoms with E-state index in [4.69, 9.17) is 14.2 Å². The van der Waals surface area contributed by atoms with Crippen LogP contribution in [-0.4, -0.2) is 42.6 Å². The molecule has 32 heavy (non-hydrogen) atoms. The summed E-state index contributed by atoms with van der Waals surface area (Å²) in [5, 5.41) is 13.5. The van der Waals surface area contributed by atoms with Gasteiger partial charge in [0.05, 0.1) is 45.1 Å². The van der Waals surface area contributed by atoms with Crippen LogP contribution in [0.15, 0.2) is 91.0 Å². The molecule has 168 valence electrons. The molecule has 0 amide bonds. The van der Waals surface area contributed by atoms with Gasteiger partial charge in [-0.1, -0.05) is 91.0 Å². The van der Waals surface area contributed by atoms with Crippen LogP contribution in [0.2, 0.25) is 0 Å². The van der Waals surface area contributed by atoms with E-state index in [2.05, 4.69) is 5.32 Å². The molecule has 3 aromatic rings. The van der Waals surface area contributed by atoms with Crippen molar-refractivity contribution >= 4 is 0 Å². The number of ether oxygens (including phenoxy) is 3. The first kappa shape index (κ1) is 22.6. The van der Waals surface area contributed by atoms with E-state index in [1.807, 2.05) is 91.0 Å². The molecule has 4 atom stereocenters. The number of hydrogen-bond acceptors (Lipinski definition) is 5. The molecule has 0 bridgehead atoms. The second-order valence-corrected chi connectivity index (χ2v) is 8.09. The van der Waals surface area contributed by atoms with Gasteiger partial charge in [-0.25, -0.2) is 0 Å². The van der Waals surface area contributed by atoms with E-state index in [1.165, 1.54) is 0 Å². The number of nitrogens with one attached hydrogen (secondary N) is 1. The molecule has 3 aromatic carbocycles. The summed E-state index contributed by atoms with van der Waals surface area (Å²) in [6, 6.07) is 30.0. The van der Waals surface area contributed by atoms with Crippen molar-refractivity contribution in [1.29, 1.82) is 0 Å². The summed E-state index contributed by atoms with van der Waals surface area (Å²) >= 11 is 0. The maximum absolute atomic E-state index is 10.0. The lowest BCUT2D eigenvalue weighted by Gasteiger charge is -2.26. The van der Waals surface area contributed by atoms with E-state index >= 15 is 0 Å². The van der Waals surface area contributed by atoms with Crippen LogP contribution in [0.3, 0.4) is 0 Å². The van der Waals surface area contributed by atoms with Crippen molar-refractivity contribution in [2.45, 2.75) is 44.1 Å². The Bertz CT molecular complexity index is 907. The first-order valence-corrected chi connectivity index (χ1v) is 11.1. The number of hydrogen-bond donors (Lipinski definition) is 2. The van der Waals surface area contributed by atoms with Crippen LogP contribution in [0.1, 0.15) is 16.7 Å². The summed E-state index contributed by atoms with van der Waals surface area (Å²) in [6.45, 7) is 1.91. The maximum Gasteiger partial charge on any atom is 0.103 e. The second-order valence-electron chi connectivity index (χ2n) is 8.09. The van der Waals surface area contributed by atoms with Crippen LogP contribution in [-0.2, 0) is 34.0 Å². The summed E-state index contributed by atoms with van der Waals surface area (Å²) in [4.78, 5) is 0. The van der Waals surface area contributed by atoms with E-state index < -0.39 is 0 Å². The highest BCUT2D eigenvalue weighted by molar-refractivity contribution is 5.16. The lowest BCUT2D eigenvalue weighted by atomic mass is 10.1. The average molecular weight is 434 g/mol. The predicted molar refractivity (Wildman–Crippen MR) is 124 cm³/mol. The number of aliphatic hydroxyl groups excluding tert-OH is 1. The van der Waals surface area contributed by atoms with Gasteiger partial charge in [0.25, 0.3) is 0 Å². The Morgan fingerprint density at radius 2 is 1.03 bits per heavy atom. The van der Waals surface area contributed by atoms with Crippen molar-refractivity contribution in [1.82, 2.24) is 5.32 Å². The number of aliphatic hydroxyl groups is 1. The van der Waals surface area contributed by atoms with Gasteiger partial charge in [0, 0.05) is 0 Å². The fourth-order valence-electron chi connectivity index (χ4n) is 4.06. The van der Waals surface area contributed by atoms with Crippen molar-refractivity contribution in [3.63, 3.8) is 0 Å². The molecular formula is C27H31NO4. The van der Waals surface area contributed by atoms with Crippen LogP contribution < -0.4 is 5.32 Å². The Morgan fingerprint density at radius 1 is 0.594 bits per heavy atom. The van der Waals surface area contributed by atoms with Gasteiger partial charge in [-0.3, -0.25) is 0 Å². The summed E-state index contributed by atoms with van der Waals surface area (Å²) < 4.78 is 18.7. The molecule has 1 heterocycles. The fraction of sp³-hybridized carbons (Fsp3) is 0.333. The number of rotatable bonds is 11. The molecule has 2 N–H and O–H groups in total. The molecular weight excluding hydrogens is 402 g/mol. The topological polar surface area (TPSA) is 60.0 Å². The van der Waals surface area contributed by atoms with E-state index in [0.29, 0.717) is 26.4 Å². The zero-order valence-electron chi connectivity index (χ0n) is 18.2. The lowest BCUT2D eigenvalue weighted by molar-refractivity contribution is -0.0887. The Hall–Kier alpha value is -2.54. The minimum absolute atomic E-state index is 0.0279. The quantitative estimate of drug-likeness (QED) is 0.483. The average Bonchev–Trinajstić information content (AvgIpc) is 3.19. The van der Waals surface area contributed by atoms with Crippen LogP contribution in [0.5, 0.6) is 0 Å². The Kier molecular flexibility index (Phi) is 8.42. The van der Waals surface area contributed by atoms with Crippen molar-refractivity contribution in [3.05, 3.63) is 108 Å². The van der Waals surface area contributed by atoms with Gasteiger partial charge in [0.15, 0.2) is 0 Å². The highest BCUT2D eigenvalue weighted by Crippen LogP contribution is 2.24. The van der Waals surface area contributed by atoms with Gasteiger partial charge in [-0.05, 0) is 16.7 Å². The third kappa shape index (κ3) is 6.25. The Morgan fingerprint density at radius 3 is 1.50 bits per heavy atom. The van der Waals surface area contributed by atoms with Gasteiger partial charge >= 0.3 is 0 Å². The molecule has 4 rings (SSSR count). The minimum atomic E-state index is -0.283. The second kappa shape index (κ2) is 11.9. The van der Waals surface area contributed by atoms with E-state index in [1.54, 1.807) is 0 Å². The lowest BCUT2D eigenvalue weighted by Crippen LogP contribution is -2.40. The molecule has 0 aromatic heterocycles.